The van der Waals surface area contributed by atoms with Crippen LogP contribution in [0, 0.1) is 34.5 Å². The van der Waals surface area contributed by atoms with Gasteiger partial charge in [-0.2, -0.15) is 0 Å². The molecule has 0 radical (unpaired) electrons. The second-order valence-electron chi connectivity index (χ2n) is 13.2. The summed E-state index contributed by atoms with van der Waals surface area (Å²) in [6.07, 6.45) is 5.28. The normalized spacial score (nSPS) is 51.7. The molecule has 0 bridgehead atoms. The fraction of sp³-hybridized carbons (Fsp3) is 1.00. The minimum Gasteiger partial charge on any atom is -0.396 e. The molecule has 0 amide bonds. The Hall–Kier alpha value is -0.320. The molecule has 4 saturated carbocycles. The number of aliphatic hydroxyl groups is 2. The van der Waals surface area contributed by atoms with Crippen LogP contribution in [-0.2, 0) is 28.4 Å². The molecule has 8 nitrogen and oxygen atoms in total. The fourth-order valence-corrected chi connectivity index (χ4v) is 9.73. The average molecular weight is 513 g/mol. The molecule has 8 heteroatoms. The predicted molar refractivity (Wildman–Crippen MR) is 132 cm³/mol. The number of hydrogen-bond acceptors (Lipinski definition) is 8. The molecule has 1 spiro atoms. The summed E-state index contributed by atoms with van der Waals surface area (Å²) in [6.45, 7) is 9.39. The lowest BCUT2D eigenvalue weighted by Gasteiger charge is -2.71. The molecule has 1 saturated heterocycles. The Bertz CT molecular complexity index is 806. The van der Waals surface area contributed by atoms with Gasteiger partial charge in [0, 0.05) is 32.2 Å². The van der Waals surface area contributed by atoms with Gasteiger partial charge in [-0.3, -0.25) is 0 Å². The van der Waals surface area contributed by atoms with E-state index in [1.807, 2.05) is 13.8 Å². The number of ether oxygens (including phenoxy) is 6. The molecule has 0 aromatic heterocycles. The lowest BCUT2D eigenvalue weighted by molar-refractivity contribution is -0.405. The summed E-state index contributed by atoms with van der Waals surface area (Å²) in [5, 5.41) is 22.9. The molecule has 0 aromatic carbocycles. The van der Waals surface area contributed by atoms with Gasteiger partial charge in [0.15, 0.2) is 5.79 Å². The number of rotatable bonds is 7. The highest BCUT2D eigenvalue weighted by atomic mass is 16.7. The Morgan fingerprint density at radius 1 is 1.00 bits per heavy atom. The molecule has 1 aliphatic heterocycles. The molecule has 5 fully saturated rings. The zero-order chi connectivity index (χ0) is 26.0. The molecule has 5 aliphatic rings. The van der Waals surface area contributed by atoms with Crippen molar-refractivity contribution in [3.63, 3.8) is 0 Å². The highest BCUT2D eigenvalue weighted by molar-refractivity contribution is 5.25. The van der Waals surface area contributed by atoms with Crippen LogP contribution in [0.25, 0.3) is 0 Å². The van der Waals surface area contributed by atoms with Crippen molar-refractivity contribution in [2.75, 3.05) is 41.0 Å². The van der Waals surface area contributed by atoms with Crippen LogP contribution in [0.3, 0.4) is 0 Å². The van der Waals surface area contributed by atoms with Crippen LogP contribution in [0.4, 0.5) is 0 Å². The molecule has 208 valence electrons. The van der Waals surface area contributed by atoms with Crippen LogP contribution in [-0.4, -0.2) is 80.4 Å². The van der Waals surface area contributed by atoms with E-state index in [1.165, 1.54) is 0 Å². The Kier molecular flexibility index (Phi) is 7.12. The van der Waals surface area contributed by atoms with Gasteiger partial charge in [0.25, 0.3) is 0 Å². The molecule has 5 rings (SSSR count). The highest BCUT2D eigenvalue weighted by Crippen LogP contribution is 2.72. The van der Waals surface area contributed by atoms with Crippen molar-refractivity contribution in [3.05, 3.63) is 0 Å². The standard InChI is InChI=1S/C28H48O8/c1-18-11-22-27(15-34-24(2,3)36-22)23-20(8-9-26(27,30)12-18)28(35-17-32-6)10-7-19(14-29)25(28,4)13-21(23)33-16-31-5/h18-23,29-30H,7-17H2,1-6H3/t18-,19+,20?,21?,22+,23?,25+,26-,27+,28-/m0/s1. The lowest BCUT2D eigenvalue weighted by atomic mass is 9.39. The Labute approximate surface area is 216 Å². The van der Waals surface area contributed by atoms with Crippen LogP contribution in [0.2, 0.25) is 0 Å². The van der Waals surface area contributed by atoms with E-state index < -0.39 is 22.4 Å². The minimum absolute atomic E-state index is 0.0395. The minimum atomic E-state index is -0.910. The zero-order valence-corrected chi connectivity index (χ0v) is 23.1. The number of methoxy groups -OCH3 is 2. The molecule has 36 heavy (non-hydrogen) atoms. The largest absolute Gasteiger partial charge is 0.396 e. The second kappa shape index (κ2) is 9.40. The third kappa shape index (κ3) is 3.69. The van der Waals surface area contributed by atoms with Gasteiger partial charge in [-0.1, -0.05) is 13.8 Å². The van der Waals surface area contributed by atoms with Crippen LogP contribution in [0.1, 0.15) is 72.6 Å². The van der Waals surface area contributed by atoms with E-state index in [2.05, 4.69) is 13.8 Å². The molecule has 2 N–H and O–H groups in total. The summed E-state index contributed by atoms with van der Waals surface area (Å²) in [6, 6.07) is 0. The maximum absolute atomic E-state index is 12.5. The van der Waals surface area contributed by atoms with E-state index in [0.29, 0.717) is 18.9 Å². The second-order valence-corrected chi connectivity index (χ2v) is 13.2. The van der Waals surface area contributed by atoms with Crippen molar-refractivity contribution in [2.45, 2.75) is 102 Å². The topological polar surface area (TPSA) is 95.8 Å². The first-order chi connectivity index (χ1) is 17.0. The highest BCUT2D eigenvalue weighted by Gasteiger charge is 2.77. The lowest BCUT2D eigenvalue weighted by Crippen LogP contribution is -2.78. The van der Waals surface area contributed by atoms with Crippen molar-refractivity contribution in [3.8, 4) is 0 Å². The van der Waals surface area contributed by atoms with Crippen molar-refractivity contribution >= 4 is 0 Å². The van der Waals surface area contributed by atoms with Crippen molar-refractivity contribution in [1.29, 1.82) is 0 Å². The molecular weight excluding hydrogens is 464 g/mol. The van der Waals surface area contributed by atoms with Gasteiger partial charge < -0.3 is 38.6 Å². The number of hydrogen-bond donors (Lipinski definition) is 2. The maximum Gasteiger partial charge on any atom is 0.163 e. The van der Waals surface area contributed by atoms with Gasteiger partial charge in [-0.15, -0.1) is 0 Å². The summed E-state index contributed by atoms with van der Waals surface area (Å²) in [7, 11) is 3.31. The first-order valence-electron chi connectivity index (χ1n) is 13.9. The molecule has 4 aliphatic carbocycles. The Morgan fingerprint density at radius 2 is 1.75 bits per heavy atom. The summed E-state index contributed by atoms with van der Waals surface area (Å²) in [4.78, 5) is 0. The SMILES string of the molecule is COCOC1C[C@]2(C)[C@@H](CO)CC[C@]2(OCOC)C2CC[C@]3(O)C[C@@H](C)C[C@H]4OC(C)(C)OC[C@]43C12. The van der Waals surface area contributed by atoms with E-state index in [0.717, 1.165) is 38.5 Å². The van der Waals surface area contributed by atoms with Gasteiger partial charge in [0.1, 0.15) is 13.6 Å². The van der Waals surface area contributed by atoms with E-state index in [4.69, 9.17) is 28.4 Å². The van der Waals surface area contributed by atoms with Gasteiger partial charge in [-0.05, 0) is 76.5 Å². The van der Waals surface area contributed by atoms with Crippen LogP contribution >= 0.6 is 0 Å². The van der Waals surface area contributed by atoms with Crippen LogP contribution < -0.4 is 0 Å². The molecular formula is C28H48O8. The van der Waals surface area contributed by atoms with Crippen LogP contribution in [0.15, 0.2) is 0 Å². The fourth-order valence-electron chi connectivity index (χ4n) is 9.73. The van der Waals surface area contributed by atoms with Gasteiger partial charge in [0.2, 0.25) is 0 Å². The first-order valence-corrected chi connectivity index (χ1v) is 13.9. The number of fused-ring (bicyclic) bond motifs is 3. The maximum atomic E-state index is 12.5. The van der Waals surface area contributed by atoms with E-state index in [9.17, 15) is 10.2 Å². The Morgan fingerprint density at radius 3 is 2.44 bits per heavy atom. The van der Waals surface area contributed by atoms with E-state index in [-0.39, 0.29) is 55.6 Å². The molecule has 0 aromatic rings. The van der Waals surface area contributed by atoms with E-state index >= 15 is 0 Å². The smallest absolute Gasteiger partial charge is 0.163 e. The van der Waals surface area contributed by atoms with E-state index in [1.54, 1.807) is 14.2 Å². The molecule has 10 atom stereocenters. The van der Waals surface area contributed by atoms with Crippen LogP contribution in [0.5, 0.6) is 0 Å². The molecule has 3 unspecified atom stereocenters. The zero-order valence-electron chi connectivity index (χ0n) is 23.1. The van der Waals surface area contributed by atoms with Crippen molar-refractivity contribution < 1.29 is 38.6 Å². The summed E-state index contributed by atoms with van der Waals surface area (Å²) < 4.78 is 37.3. The Balaban J connectivity index is 1.66. The van der Waals surface area contributed by atoms with Gasteiger partial charge in [0.05, 0.1) is 35.4 Å². The quantitative estimate of drug-likeness (QED) is 0.501. The van der Waals surface area contributed by atoms with Gasteiger partial charge in [-0.25, -0.2) is 0 Å². The first kappa shape index (κ1) is 27.3. The predicted octanol–water partition coefficient (Wildman–Crippen LogP) is 3.47. The number of aliphatic hydroxyl groups excluding tert-OH is 1. The summed E-state index contributed by atoms with van der Waals surface area (Å²) in [5.74, 6) is -0.166. The van der Waals surface area contributed by atoms with Crippen molar-refractivity contribution in [2.24, 2.45) is 34.5 Å². The summed E-state index contributed by atoms with van der Waals surface area (Å²) in [5.41, 5.74) is -2.30. The summed E-state index contributed by atoms with van der Waals surface area (Å²) >= 11 is 0. The van der Waals surface area contributed by atoms with Crippen molar-refractivity contribution in [1.82, 2.24) is 0 Å². The monoisotopic (exact) mass is 512 g/mol. The third-order valence-corrected chi connectivity index (χ3v) is 11.1. The van der Waals surface area contributed by atoms with Gasteiger partial charge >= 0.3 is 0 Å². The molecule has 1 heterocycles. The third-order valence-electron chi connectivity index (χ3n) is 11.1. The average Bonchev–Trinajstić information content (AvgIpc) is 3.10.